The molecule has 0 aliphatic carbocycles. The molecule has 122 valence electrons. The van der Waals surface area contributed by atoms with Crippen LogP contribution >= 0.6 is 23.2 Å². The molecule has 3 nitrogen and oxygen atoms in total. The van der Waals surface area contributed by atoms with Crippen molar-refractivity contribution >= 4 is 29.1 Å². The molecular formula is C17H23Cl2NO2. The van der Waals surface area contributed by atoms with E-state index in [1.54, 1.807) is 0 Å². The molecule has 1 fully saturated rings. The van der Waals surface area contributed by atoms with E-state index in [-0.39, 0.29) is 12.0 Å². The second kappa shape index (κ2) is 9.39. The number of aryl methyl sites for hydroxylation is 1. The van der Waals surface area contributed by atoms with Crippen LogP contribution in [0.1, 0.15) is 31.2 Å². The van der Waals surface area contributed by atoms with Crippen molar-refractivity contribution in [1.29, 1.82) is 0 Å². The Kier molecular flexibility index (Phi) is 7.50. The van der Waals surface area contributed by atoms with E-state index in [0.29, 0.717) is 32.0 Å². The van der Waals surface area contributed by atoms with E-state index >= 15 is 0 Å². The number of ether oxygens (including phenoxy) is 1. The summed E-state index contributed by atoms with van der Waals surface area (Å²) in [5, 5.41) is 0.773. The van der Waals surface area contributed by atoms with Crippen LogP contribution < -0.4 is 0 Å². The molecule has 0 bridgehead atoms. The Labute approximate surface area is 142 Å². The zero-order valence-electron chi connectivity index (χ0n) is 12.8. The molecule has 1 atom stereocenters. The molecule has 2 rings (SSSR count). The number of benzene rings is 1. The molecule has 1 amide bonds. The van der Waals surface area contributed by atoms with Crippen LogP contribution in [0.25, 0.3) is 0 Å². The quantitative estimate of drug-likeness (QED) is 0.554. The van der Waals surface area contributed by atoms with Gasteiger partial charge in [-0.15, -0.1) is 11.6 Å². The largest absolute Gasteiger partial charge is 0.373 e. The van der Waals surface area contributed by atoms with Crippen LogP contribution in [0.5, 0.6) is 0 Å². The van der Waals surface area contributed by atoms with Crippen molar-refractivity contribution in [3.05, 3.63) is 34.9 Å². The van der Waals surface area contributed by atoms with Crippen LogP contribution in [-0.2, 0) is 16.0 Å². The van der Waals surface area contributed by atoms with E-state index in [4.69, 9.17) is 27.9 Å². The second-order valence-corrected chi connectivity index (χ2v) is 6.42. The Morgan fingerprint density at radius 1 is 1.23 bits per heavy atom. The topological polar surface area (TPSA) is 29.5 Å². The number of nitrogens with zero attached hydrogens (tertiary/aromatic N) is 1. The first-order valence-corrected chi connectivity index (χ1v) is 8.80. The number of carbonyl (C=O) groups excluding carboxylic acids is 1. The number of halogens is 2. The Hall–Kier alpha value is -0.770. The normalized spacial score (nSPS) is 18.5. The molecule has 1 heterocycles. The maximum Gasteiger partial charge on any atom is 0.222 e. The van der Waals surface area contributed by atoms with Crippen LogP contribution in [0.15, 0.2) is 24.3 Å². The second-order valence-electron chi connectivity index (χ2n) is 5.67. The molecule has 1 aromatic rings. The van der Waals surface area contributed by atoms with Gasteiger partial charge < -0.3 is 9.64 Å². The van der Waals surface area contributed by atoms with Crippen molar-refractivity contribution in [3.8, 4) is 0 Å². The zero-order chi connectivity index (χ0) is 15.8. The van der Waals surface area contributed by atoms with E-state index in [0.717, 1.165) is 30.7 Å². The number of hydrogen-bond donors (Lipinski definition) is 0. The number of alkyl halides is 1. The highest BCUT2D eigenvalue weighted by Gasteiger charge is 2.22. The van der Waals surface area contributed by atoms with E-state index < -0.39 is 0 Å². The van der Waals surface area contributed by atoms with Crippen molar-refractivity contribution in [2.45, 2.75) is 38.2 Å². The molecule has 22 heavy (non-hydrogen) atoms. The van der Waals surface area contributed by atoms with Gasteiger partial charge in [0.25, 0.3) is 0 Å². The zero-order valence-corrected chi connectivity index (χ0v) is 14.3. The minimum absolute atomic E-state index is 0.00993. The standard InChI is InChI=1S/C17H23Cl2NO2/c18-12-16-13-20(10-11-22-16)17(21)5-3-1-2-4-14-6-8-15(19)9-7-14/h6-9,16H,1-5,10-13H2. The number of amides is 1. The summed E-state index contributed by atoms with van der Waals surface area (Å²) in [7, 11) is 0. The number of unbranched alkanes of at least 4 members (excludes halogenated alkanes) is 2. The van der Waals surface area contributed by atoms with Gasteiger partial charge in [0.1, 0.15) is 0 Å². The fourth-order valence-corrected chi connectivity index (χ4v) is 2.94. The van der Waals surface area contributed by atoms with Gasteiger partial charge in [-0.25, -0.2) is 0 Å². The number of hydrogen-bond acceptors (Lipinski definition) is 2. The summed E-state index contributed by atoms with van der Waals surface area (Å²) in [5.74, 6) is 0.676. The molecule has 1 aromatic carbocycles. The summed E-state index contributed by atoms with van der Waals surface area (Å²) in [5.41, 5.74) is 1.30. The first kappa shape index (κ1) is 17.6. The van der Waals surface area contributed by atoms with Gasteiger partial charge in [-0.1, -0.05) is 30.2 Å². The third-order valence-electron chi connectivity index (χ3n) is 3.93. The van der Waals surface area contributed by atoms with E-state index in [2.05, 4.69) is 12.1 Å². The summed E-state index contributed by atoms with van der Waals surface area (Å²) in [6.07, 6.45) is 4.76. The van der Waals surface area contributed by atoms with Gasteiger partial charge in [0.05, 0.1) is 18.6 Å². The molecule has 0 saturated carbocycles. The summed E-state index contributed by atoms with van der Waals surface area (Å²) in [4.78, 5) is 14.0. The highest BCUT2D eigenvalue weighted by atomic mass is 35.5. The first-order valence-electron chi connectivity index (χ1n) is 7.89. The van der Waals surface area contributed by atoms with Crippen molar-refractivity contribution in [3.63, 3.8) is 0 Å². The summed E-state index contributed by atoms with van der Waals surface area (Å²) in [6, 6.07) is 7.97. The highest BCUT2D eigenvalue weighted by molar-refractivity contribution is 6.30. The van der Waals surface area contributed by atoms with Gasteiger partial charge in [-0.3, -0.25) is 4.79 Å². The van der Waals surface area contributed by atoms with Crippen LogP contribution in [0.4, 0.5) is 0 Å². The van der Waals surface area contributed by atoms with Crippen molar-refractivity contribution in [1.82, 2.24) is 4.90 Å². The smallest absolute Gasteiger partial charge is 0.222 e. The fourth-order valence-electron chi connectivity index (χ4n) is 2.63. The maximum absolute atomic E-state index is 12.1. The van der Waals surface area contributed by atoms with Gasteiger partial charge in [-0.05, 0) is 37.0 Å². The minimum Gasteiger partial charge on any atom is -0.373 e. The SMILES string of the molecule is O=C(CCCCCc1ccc(Cl)cc1)N1CCOC(CCl)C1. The lowest BCUT2D eigenvalue weighted by Gasteiger charge is -2.32. The fraction of sp³-hybridized carbons (Fsp3) is 0.588. The van der Waals surface area contributed by atoms with Crippen LogP contribution in [0.3, 0.4) is 0 Å². The van der Waals surface area contributed by atoms with E-state index in [1.807, 2.05) is 17.0 Å². The first-order chi connectivity index (χ1) is 10.7. The molecule has 5 heteroatoms. The summed E-state index contributed by atoms with van der Waals surface area (Å²) < 4.78 is 5.47. The Balaban J connectivity index is 1.60. The summed E-state index contributed by atoms with van der Waals surface area (Å²) >= 11 is 11.7. The van der Waals surface area contributed by atoms with Gasteiger partial charge in [-0.2, -0.15) is 0 Å². The molecule has 0 aromatic heterocycles. The Bertz CT molecular complexity index is 464. The Morgan fingerprint density at radius 3 is 2.73 bits per heavy atom. The molecule has 0 N–H and O–H groups in total. The number of morpholine rings is 1. The van der Waals surface area contributed by atoms with Crippen LogP contribution in [0, 0.1) is 0 Å². The van der Waals surface area contributed by atoms with Crippen LogP contribution in [0.2, 0.25) is 5.02 Å². The lowest BCUT2D eigenvalue weighted by atomic mass is 10.1. The lowest BCUT2D eigenvalue weighted by molar-refractivity contribution is -0.138. The third kappa shape index (κ3) is 5.79. The number of rotatable bonds is 7. The minimum atomic E-state index is -0.00993. The van der Waals surface area contributed by atoms with Gasteiger partial charge in [0, 0.05) is 24.5 Å². The molecule has 0 radical (unpaired) electrons. The lowest BCUT2D eigenvalue weighted by Crippen LogP contribution is -2.46. The van der Waals surface area contributed by atoms with Crippen molar-refractivity contribution in [2.24, 2.45) is 0 Å². The van der Waals surface area contributed by atoms with Crippen molar-refractivity contribution in [2.75, 3.05) is 25.6 Å². The molecule has 1 unspecified atom stereocenters. The van der Waals surface area contributed by atoms with E-state index in [9.17, 15) is 4.79 Å². The number of carbonyl (C=O) groups is 1. The Morgan fingerprint density at radius 2 is 2.00 bits per heavy atom. The van der Waals surface area contributed by atoms with Gasteiger partial charge in [0.15, 0.2) is 0 Å². The maximum atomic E-state index is 12.1. The average molecular weight is 344 g/mol. The third-order valence-corrected chi connectivity index (χ3v) is 4.53. The molecule has 1 saturated heterocycles. The highest BCUT2D eigenvalue weighted by Crippen LogP contribution is 2.14. The van der Waals surface area contributed by atoms with Gasteiger partial charge in [0.2, 0.25) is 5.91 Å². The molecular weight excluding hydrogens is 321 g/mol. The van der Waals surface area contributed by atoms with Gasteiger partial charge >= 0.3 is 0 Å². The van der Waals surface area contributed by atoms with Crippen molar-refractivity contribution < 1.29 is 9.53 Å². The predicted molar refractivity (Wildman–Crippen MR) is 90.7 cm³/mol. The predicted octanol–water partition coefficient (Wildman–Crippen LogP) is 3.91. The molecule has 0 spiro atoms. The summed E-state index contributed by atoms with van der Waals surface area (Å²) in [6.45, 7) is 1.92. The molecule has 1 aliphatic heterocycles. The van der Waals surface area contributed by atoms with Crippen LogP contribution in [-0.4, -0.2) is 42.5 Å². The molecule has 1 aliphatic rings. The van der Waals surface area contributed by atoms with E-state index in [1.165, 1.54) is 5.56 Å². The monoisotopic (exact) mass is 343 g/mol. The average Bonchev–Trinajstić information content (AvgIpc) is 2.56.